The molecule has 0 saturated carbocycles. The van der Waals surface area contributed by atoms with Gasteiger partial charge >= 0.3 is 22.4 Å². The van der Waals surface area contributed by atoms with Crippen LogP contribution in [0.1, 0.15) is 0 Å². The van der Waals surface area contributed by atoms with Gasteiger partial charge in [-0.1, -0.05) is 0 Å². The topological polar surface area (TPSA) is 9.23 Å². The molecule has 0 aliphatic carbocycles. The second-order valence-electron chi connectivity index (χ2n) is 0.408. The first-order chi connectivity index (χ1) is 1.41. The molecule has 0 heterocycles. The van der Waals surface area contributed by atoms with Crippen molar-refractivity contribution in [3.63, 3.8) is 0 Å². The first-order valence-corrected chi connectivity index (χ1v) is 0.816. The van der Waals surface area contributed by atoms with Crippen LogP contribution in [0.3, 0.4) is 0 Å². The van der Waals surface area contributed by atoms with Crippen LogP contribution in [0.2, 0.25) is 0 Å². The van der Waals surface area contributed by atoms with Crippen LogP contribution in [0, 0.1) is 0 Å². The minimum absolute atomic E-state index is 0. The second kappa shape index (κ2) is 49.5. The van der Waals surface area contributed by atoms with Gasteiger partial charge in [-0.25, -0.2) is 0 Å². The van der Waals surface area contributed by atoms with Crippen molar-refractivity contribution < 1.29 is 64.3 Å². The molecule has 1 nitrogen and oxygen atoms in total. The summed E-state index contributed by atoms with van der Waals surface area (Å²) >= 11 is 0. The summed E-state index contributed by atoms with van der Waals surface area (Å²) in [6, 6.07) is 0. The Morgan fingerprint density at radius 1 is 0.857 bits per heavy atom. The van der Waals surface area contributed by atoms with Crippen molar-refractivity contribution in [1.29, 1.82) is 0 Å². The zero-order valence-corrected chi connectivity index (χ0v) is 8.46. The van der Waals surface area contributed by atoms with E-state index >= 15 is 0 Å². The fraction of sp³-hybridized carbons (Fsp3) is 1.00. The molecule has 0 bridgehead atoms. The Balaban J connectivity index is -0.00000000333. The van der Waals surface area contributed by atoms with Gasteiger partial charge in [0.15, 0.2) is 0 Å². The Hall–Kier alpha value is 1.57. The van der Waals surface area contributed by atoms with Crippen LogP contribution < -0.4 is 37.2 Å². The summed E-state index contributed by atoms with van der Waals surface area (Å²) in [5, 5.41) is 0. The van der Waals surface area contributed by atoms with Crippen molar-refractivity contribution in [2.45, 2.75) is 0 Å². The average molecular weight is 245 g/mol. The van der Waals surface area contributed by atoms with Crippen molar-refractivity contribution in [3.05, 3.63) is 0 Å². The van der Waals surface area contributed by atoms with Crippen molar-refractivity contribution in [2.24, 2.45) is 0 Å². The predicted octanol–water partition coefficient (Wildman–Crippen LogP) is -8.73. The van der Waals surface area contributed by atoms with Crippen LogP contribution in [0.15, 0.2) is 0 Å². The molecule has 0 radical (unpaired) electrons. The molecule has 0 unspecified atom stereocenters. The van der Waals surface area contributed by atoms with Gasteiger partial charge < -0.3 is 42.0 Å². The van der Waals surface area contributed by atoms with E-state index < -0.39 is 0 Å². The Kier molecular flexibility index (Phi) is 272. The standard InChI is InChI=1S/C2H6O.3ClH.Nb/c1-3-2;;;;/h1-2H3;3*1H;/q;;;;+3/p-3. The van der Waals surface area contributed by atoms with Crippen LogP contribution in [0.25, 0.3) is 0 Å². The molecule has 0 spiro atoms. The maximum Gasteiger partial charge on any atom is 3.00 e. The normalized spacial score (nSPS) is 2.57. The third-order valence-corrected chi connectivity index (χ3v) is 0. The molecule has 46 valence electrons. The van der Waals surface area contributed by atoms with E-state index in [1.807, 2.05) is 0 Å². The zero-order valence-electron chi connectivity index (χ0n) is 3.99. The van der Waals surface area contributed by atoms with Crippen molar-refractivity contribution in [2.75, 3.05) is 14.2 Å². The number of halogens is 3. The van der Waals surface area contributed by atoms with E-state index in [0.29, 0.717) is 0 Å². The molecule has 0 aromatic heterocycles. The molecule has 0 aliphatic heterocycles. The van der Waals surface area contributed by atoms with Gasteiger partial charge in [-0.2, -0.15) is 0 Å². The third kappa shape index (κ3) is 95.3. The predicted molar refractivity (Wildman–Crippen MR) is 12.9 cm³/mol. The molecule has 5 heteroatoms. The van der Waals surface area contributed by atoms with E-state index in [4.69, 9.17) is 0 Å². The number of hydrogen-bond acceptors (Lipinski definition) is 1. The SMILES string of the molecule is COC.[Cl-].[Cl-].[Cl-].[Nb+3]. The van der Waals surface area contributed by atoms with E-state index in [9.17, 15) is 0 Å². The fourth-order valence-electron chi connectivity index (χ4n) is 0. The smallest absolute Gasteiger partial charge is 1.00 e. The summed E-state index contributed by atoms with van der Waals surface area (Å²) in [5.41, 5.74) is 0. The summed E-state index contributed by atoms with van der Waals surface area (Å²) in [6.07, 6.45) is 0. The maximum atomic E-state index is 4.25. The maximum absolute atomic E-state index is 4.25. The van der Waals surface area contributed by atoms with Crippen LogP contribution in [-0.2, 0) is 27.1 Å². The Labute approximate surface area is 78.3 Å². The van der Waals surface area contributed by atoms with Crippen LogP contribution in [0.4, 0.5) is 0 Å². The third-order valence-electron chi connectivity index (χ3n) is 0. The molecule has 0 amide bonds. The first kappa shape index (κ1) is 38.5. The average Bonchev–Trinajstić information content (AvgIpc) is 0.918. The van der Waals surface area contributed by atoms with Gasteiger partial charge in [0.1, 0.15) is 0 Å². The molecule has 0 aromatic carbocycles. The molecule has 7 heavy (non-hydrogen) atoms. The van der Waals surface area contributed by atoms with Gasteiger partial charge in [0.25, 0.3) is 0 Å². The van der Waals surface area contributed by atoms with Crippen LogP contribution in [-0.4, -0.2) is 14.2 Å². The number of ether oxygens (including phenoxy) is 1. The number of rotatable bonds is 0. The summed E-state index contributed by atoms with van der Waals surface area (Å²) in [7, 11) is 3.25. The minimum atomic E-state index is 0. The molecule has 0 rings (SSSR count). The van der Waals surface area contributed by atoms with Crippen molar-refractivity contribution in [3.8, 4) is 0 Å². The van der Waals surface area contributed by atoms with E-state index in [0.717, 1.165) is 0 Å². The summed E-state index contributed by atoms with van der Waals surface area (Å²) in [5.74, 6) is 0. The summed E-state index contributed by atoms with van der Waals surface area (Å²) < 4.78 is 4.25. The Bertz CT molecular complexity index is 12.9. The molecular formula is C2H6Cl3NbO. The van der Waals surface area contributed by atoms with Gasteiger partial charge in [0, 0.05) is 14.2 Å². The van der Waals surface area contributed by atoms with Gasteiger partial charge in [0.2, 0.25) is 0 Å². The molecule has 0 aliphatic rings. The summed E-state index contributed by atoms with van der Waals surface area (Å²) in [6.45, 7) is 0. The Morgan fingerprint density at radius 3 is 0.857 bits per heavy atom. The minimum Gasteiger partial charge on any atom is -1.00 e. The van der Waals surface area contributed by atoms with Gasteiger partial charge in [-0.05, 0) is 0 Å². The molecule has 0 aromatic rings. The van der Waals surface area contributed by atoms with Gasteiger partial charge in [-0.15, -0.1) is 0 Å². The summed E-state index contributed by atoms with van der Waals surface area (Å²) in [4.78, 5) is 0. The largest absolute Gasteiger partial charge is 3.00 e. The number of methoxy groups -OCH3 is 1. The Morgan fingerprint density at radius 2 is 0.857 bits per heavy atom. The van der Waals surface area contributed by atoms with E-state index in [2.05, 4.69) is 4.74 Å². The molecular weight excluding hydrogens is 239 g/mol. The van der Waals surface area contributed by atoms with E-state index in [-0.39, 0.29) is 59.6 Å². The van der Waals surface area contributed by atoms with E-state index in [1.165, 1.54) is 0 Å². The van der Waals surface area contributed by atoms with Crippen LogP contribution >= 0.6 is 0 Å². The first-order valence-electron chi connectivity index (χ1n) is 0.816. The van der Waals surface area contributed by atoms with E-state index in [1.54, 1.807) is 14.2 Å². The van der Waals surface area contributed by atoms with Gasteiger partial charge in [0.05, 0.1) is 0 Å². The molecule has 0 N–H and O–H groups in total. The van der Waals surface area contributed by atoms with Crippen molar-refractivity contribution in [1.82, 2.24) is 0 Å². The quantitative estimate of drug-likeness (QED) is 0.385. The molecule has 0 atom stereocenters. The van der Waals surface area contributed by atoms with Crippen LogP contribution in [0.5, 0.6) is 0 Å². The monoisotopic (exact) mass is 244 g/mol. The zero-order chi connectivity index (χ0) is 2.71. The molecule has 0 fully saturated rings. The van der Waals surface area contributed by atoms with Crippen molar-refractivity contribution >= 4 is 0 Å². The fourth-order valence-corrected chi connectivity index (χ4v) is 0. The number of hydrogen-bond donors (Lipinski definition) is 0. The molecule has 0 saturated heterocycles. The second-order valence-corrected chi connectivity index (χ2v) is 0.408. The van der Waals surface area contributed by atoms with Gasteiger partial charge in [-0.3, -0.25) is 0 Å².